The molecule has 2 heterocycles. The lowest BCUT2D eigenvalue weighted by Crippen LogP contribution is -2.30. The predicted molar refractivity (Wildman–Crippen MR) is 75.6 cm³/mol. The Hall–Kier alpha value is -0.930. The molecule has 1 fully saturated rings. The molecule has 0 saturated carbocycles. The molecule has 0 radical (unpaired) electrons. The molecular formula is C15H25N3. The van der Waals surface area contributed by atoms with E-state index in [0.29, 0.717) is 6.04 Å². The molecule has 1 aromatic rings. The lowest BCUT2D eigenvalue weighted by atomic mass is 10.1. The monoisotopic (exact) mass is 247 g/mol. The van der Waals surface area contributed by atoms with Gasteiger partial charge in [-0.2, -0.15) is 0 Å². The lowest BCUT2D eigenvalue weighted by molar-refractivity contribution is 0.297. The first-order valence-corrected chi connectivity index (χ1v) is 7.15. The zero-order valence-corrected chi connectivity index (χ0v) is 11.7. The molecule has 100 valence electrons. The van der Waals surface area contributed by atoms with Crippen LogP contribution in [0.3, 0.4) is 0 Å². The molecule has 1 aromatic heterocycles. The second-order valence-electron chi connectivity index (χ2n) is 5.25. The number of pyridine rings is 1. The summed E-state index contributed by atoms with van der Waals surface area (Å²) in [6.07, 6.45) is 7.73. The van der Waals surface area contributed by atoms with Crippen molar-refractivity contribution in [2.75, 3.05) is 19.6 Å². The minimum Gasteiger partial charge on any atom is -0.310 e. The van der Waals surface area contributed by atoms with Gasteiger partial charge in [0, 0.05) is 25.0 Å². The third-order valence-electron chi connectivity index (χ3n) is 3.99. The van der Waals surface area contributed by atoms with Crippen LogP contribution in [0.4, 0.5) is 0 Å². The van der Waals surface area contributed by atoms with E-state index in [9.17, 15) is 0 Å². The largest absolute Gasteiger partial charge is 0.310 e. The summed E-state index contributed by atoms with van der Waals surface area (Å²) >= 11 is 0. The average molecular weight is 247 g/mol. The van der Waals surface area contributed by atoms with E-state index < -0.39 is 0 Å². The number of likely N-dealkylation sites (tertiary alicyclic amines) is 1. The zero-order chi connectivity index (χ0) is 12.8. The Balaban J connectivity index is 1.82. The van der Waals surface area contributed by atoms with Crippen LogP contribution in [0.15, 0.2) is 18.5 Å². The highest BCUT2D eigenvalue weighted by Crippen LogP contribution is 2.12. The second kappa shape index (κ2) is 6.86. The molecular weight excluding hydrogens is 222 g/mol. The summed E-state index contributed by atoms with van der Waals surface area (Å²) in [5.41, 5.74) is 2.66. The molecule has 0 aromatic carbocycles. The summed E-state index contributed by atoms with van der Waals surface area (Å²) in [5, 5.41) is 3.71. The minimum atomic E-state index is 0.675. The predicted octanol–water partition coefficient (Wildman–Crippen LogP) is 2.35. The van der Waals surface area contributed by atoms with Gasteiger partial charge in [0.15, 0.2) is 0 Å². The van der Waals surface area contributed by atoms with Crippen LogP contribution in [0.5, 0.6) is 0 Å². The van der Waals surface area contributed by atoms with Gasteiger partial charge in [-0.1, -0.05) is 6.92 Å². The van der Waals surface area contributed by atoms with Gasteiger partial charge in [0.05, 0.1) is 0 Å². The Bertz CT molecular complexity index is 365. The van der Waals surface area contributed by atoms with E-state index in [1.807, 2.05) is 12.4 Å². The molecule has 3 nitrogen and oxygen atoms in total. The van der Waals surface area contributed by atoms with Gasteiger partial charge in [-0.05, 0) is 63.0 Å². The maximum absolute atomic E-state index is 4.14. The van der Waals surface area contributed by atoms with Crippen LogP contribution in [0.25, 0.3) is 0 Å². The van der Waals surface area contributed by atoms with Crippen LogP contribution < -0.4 is 5.32 Å². The number of rotatable bonds is 4. The standard InChI is InChI=1S/C15H25N3/c1-3-18-9-4-5-15(7-10-18)17-12-14-6-8-16-11-13(14)2/h6,8,11,15,17H,3-5,7,9-10,12H2,1-2H3. The van der Waals surface area contributed by atoms with Crippen molar-refractivity contribution in [2.24, 2.45) is 0 Å². The Morgan fingerprint density at radius 2 is 2.28 bits per heavy atom. The number of hydrogen-bond acceptors (Lipinski definition) is 3. The van der Waals surface area contributed by atoms with Gasteiger partial charge in [-0.3, -0.25) is 4.98 Å². The van der Waals surface area contributed by atoms with E-state index in [-0.39, 0.29) is 0 Å². The van der Waals surface area contributed by atoms with Crippen LogP contribution in [0.2, 0.25) is 0 Å². The van der Waals surface area contributed by atoms with E-state index >= 15 is 0 Å². The first-order chi connectivity index (χ1) is 8.79. The highest BCUT2D eigenvalue weighted by molar-refractivity contribution is 5.21. The zero-order valence-electron chi connectivity index (χ0n) is 11.7. The van der Waals surface area contributed by atoms with Crippen molar-refractivity contribution in [2.45, 2.75) is 45.7 Å². The number of aromatic nitrogens is 1. The van der Waals surface area contributed by atoms with Crippen LogP contribution in [0.1, 0.15) is 37.3 Å². The molecule has 1 aliphatic heterocycles. The summed E-state index contributed by atoms with van der Waals surface area (Å²) in [5.74, 6) is 0. The lowest BCUT2D eigenvalue weighted by Gasteiger charge is -2.18. The van der Waals surface area contributed by atoms with Crippen LogP contribution in [-0.4, -0.2) is 35.6 Å². The van der Waals surface area contributed by atoms with Crippen molar-refractivity contribution < 1.29 is 0 Å². The third-order valence-corrected chi connectivity index (χ3v) is 3.99. The van der Waals surface area contributed by atoms with Crippen molar-refractivity contribution in [3.63, 3.8) is 0 Å². The Morgan fingerprint density at radius 3 is 3.06 bits per heavy atom. The molecule has 0 aliphatic carbocycles. The van der Waals surface area contributed by atoms with Gasteiger partial charge in [0.1, 0.15) is 0 Å². The maximum Gasteiger partial charge on any atom is 0.0300 e. The van der Waals surface area contributed by atoms with Crippen molar-refractivity contribution >= 4 is 0 Å². The summed E-state index contributed by atoms with van der Waals surface area (Å²) in [6, 6.07) is 2.80. The van der Waals surface area contributed by atoms with Gasteiger partial charge in [-0.15, -0.1) is 0 Å². The van der Waals surface area contributed by atoms with E-state index in [4.69, 9.17) is 0 Å². The summed E-state index contributed by atoms with van der Waals surface area (Å²) in [6.45, 7) is 9.07. The van der Waals surface area contributed by atoms with Crippen molar-refractivity contribution in [1.29, 1.82) is 0 Å². The summed E-state index contributed by atoms with van der Waals surface area (Å²) in [7, 11) is 0. The molecule has 1 aliphatic rings. The first-order valence-electron chi connectivity index (χ1n) is 7.15. The Morgan fingerprint density at radius 1 is 1.39 bits per heavy atom. The Kier molecular flexibility index (Phi) is 5.14. The third kappa shape index (κ3) is 3.79. The van der Waals surface area contributed by atoms with E-state index in [2.05, 4.69) is 35.1 Å². The van der Waals surface area contributed by atoms with Crippen LogP contribution in [-0.2, 0) is 6.54 Å². The molecule has 2 rings (SSSR count). The fraction of sp³-hybridized carbons (Fsp3) is 0.667. The van der Waals surface area contributed by atoms with E-state index in [1.165, 1.54) is 50.0 Å². The molecule has 0 amide bonds. The maximum atomic E-state index is 4.14. The van der Waals surface area contributed by atoms with E-state index in [1.54, 1.807) is 0 Å². The van der Waals surface area contributed by atoms with Crippen molar-refractivity contribution in [3.8, 4) is 0 Å². The topological polar surface area (TPSA) is 28.2 Å². The quantitative estimate of drug-likeness (QED) is 0.885. The molecule has 1 N–H and O–H groups in total. The summed E-state index contributed by atoms with van der Waals surface area (Å²) < 4.78 is 0. The van der Waals surface area contributed by atoms with E-state index in [0.717, 1.165) is 6.54 Å². The van der Waals surface area contributed by atoms with Crippen molar-refractivity contribution in [1.82, 2.24) is 15.2 Å². The highest BCUT2D eigenvalue weighted by atomic mass is 15.1. The fourth-order valence-electron chi connectivity index (χ4n) is 2.63. The van der Waals surface area contributed by atoms with Gasteiger partial charge in [0.2, 0.25) is 0 Å². The Labute approximate surface area is 111 Å². The first kappa shape index (κ1) is 13.5. The van der Waals surface area contributed by atoms with Gasteiger partial charge >= 0.3 is 0 Å². The number of nitrogens with zero attached hydrogens (tertiary/aromatic N) is 2. The average Bonchev–Trinajstić information content (AvgIpc) is 2.63. The molecule has 1 unspecified atom stereocenters. The summed E-state index contributed by atoms with van der Waals surface area (Å²) in [4.78, 5) is 6.70. The number of hydrogen-bond donors (Lipinski definition) is 1. The molecule has 0 spiro atoms. The SMILES string of the molecule is CCN1CCCC(NCc2ccncc2C)CC1. The van der Waals surface area contributed by atoms with Crippen LogP contribution >= 0.6 is 0 Å². The minimum absolute atomic E-state index is 0.675. The second-order valence-corrected chi connectivity index (χ2v) is 5.25. The van der Waals surface area contributed by atoms with Crippen LogP contribution in [0, 0.1) is 6.92 Å². The number of nitrogens with one attached hydrogen (secondary N) is 1. The highest BCUT2D eigenvalue weighted by Gasteiger charge is 2.15. The smallest absolute Gasteiger partial charge is 0.0300 e. The molecule has 1 saturated heterocycles. The fourth-order valence-corrected chi connectivity index (χ4v) is 2.63. The number of aryl methyl sites for hydroxylation is 1. The molecule has 3 heteroatoms. The van der Waals surface area contributed by atoms with Gasteiger partial charge in [0.25, 0.3) is 0 Å². The van der Waals surface area contributed by atoms with Gasteiger partial charge in [-0.25, -0.2) is 0 Å². The molecule has 18 heavy (non-hydrogen) atoms. The molecule has 1 atom stereocenters. The van der Waals surface area contributed by atoms with Gasteiger partial charge < -0.3 is 10.2 Å². The molecule has 0 bridgehead atoms. The normalized spacial score (nSPS) is 21.8. The van der Waals surface area contributed by atoms with Crippen molar-refractivity contribution in [3.05, 3.63) is 29.6 Å².